The first-order chi connectivity index (χ1) is 35.6. The van der Waals surface area contributed by atoms with E-state index >= 15 is 0 Å². The summed E-state index contributed by atoms with van der Waals surface area (Å²) in [5.74, 6) is -10.1. The molecule has 0 radical (unpaired) electrons. The predicted molar refractivity (Wildman–Crippen MR) is 273 cm³/mol. The number of carbonyl (C=O) groups is 11. The van der Waals surface area contributed by atoms with E-state index in [0.717, 1.165) is 11.8 Å². The van der Waals surface area contributed by atoms with Gasteiger partial charge in [-0.3, -0.25) is 57.7 Å². The molecule has 0 aliphatic carbocycles. The maximum atomic E-state index is 14.6. The van der Waals surface area contributed by atoms with E-state index in [0.29, 0.717) is 17.5 Å². The van der Waals surface area contributed by atoms with Gasteiger partial charge in [0.1, 0.15) is 48.0 Å². The van der Waals surface area contributed by atoms with Gasteiger partial charge in [-0.1, -0.05) is 42.5 Å². The molecule has 2 aromatic carbocycles. The first-order valence-corrected chi connectivity index (χ1v) is 25.2. The molecule has 20 N–H and O–H groups in total. The molecule has 2 fully saturated rings. The molecule has 8 atom stereocenters. The van der Waals surface area contributed by atoms with Gasteiger partial charge in [0, 0.05) is 38.1 Å². The summed E-state index contributed by atoms with van der Waals surface area (Å²) in [5.41, 5.74) is 34.4. The van der Waals surface area contributed by atoms with Gasteiger partial charge in [0.2, 0.25) is 65.0 Å². The number of nitrogens with one attached hydrogen (secondary N) is 7. The highest BCUT2D eigenvalue weighted by molar-refractivity contribution is 7.99. The fourth-order valence-electron chi connectivity index (χ4n) is 8.06. The van der Waals surface area contributed by atoms with Gasteiger partial charge in [0.15, 0.2) is 5.96 Å². The van der Waals surface area contributed by atoms with E-state index in [9.17, 15) is 57.8 Å². The number of phenols is 1. The van der Waals surface area contributed by atoms with Crippen molar-refractivity contribution in [2.24, 2.45) is 39.4 Å². The average molecular weight is 1070 g/mol. The number of guanidine groups is 1. The largest absolute Gasteiger partial charge is 0.508 e. The van der Waals surface area contributed by atoms with E-state index in [-0.39, 0.29) is 74.8 Å². The number of primary amides is 3. The Kier molecular flexibility index (Phi) is 23.5. The van der Waals surface area contributed by atoms with E-state index in [1.54, 1.807) is 30.3 Å². The minimum Gasteiger partial charge on any atom is -0.508 e. The molecule has 27 nitrogen and oxygen atoms in total. The summed E-state index contributed by atoms with van der Waals surface area (Å²) in [7, 11) is 0. The zero-order valence-corrected chi connectivity index (χ0v) is 41.9. The van der Waals surface area contributed by atoms with Crippen LogP contribution in [0.1, 0.15) is 62.5 Å². The number of phenolic OH excluding ortho intramolecular Hbond substituents is 1. The van der Waals surface area contributed by atoms with Crippen molar-refractivity contribution in [1.82, 2.24) is 42.1 Å². The first-order valence-electron chi connectivity index (χ1n) is 24.1. The number of aromatic hydroxyl groups is 1. The van der Waals surface area contributed by atoms with Crippen molar-refractivity contribution >= 4 is 82.7 Å². The zero-order chi connectivity index (χ0) is 55.2. The molecule has 0 bridgehead atoms. The molecule has 11 amide bonds. The van der Waals surface area contributed by atoms with E-state index in [4.69, 9.17) is 34.4 Å². The number of rotatable bonds is 19. The lowest BCUT2D eigenvalue weighted by atomic mass is 10.0. The molecule has 8 unspecified atom stereocenters. The Morgan fingerprint density at radius 1 is 0.720 bits per heavy atom. The Morgan fingerprint density at radius 3 is 1.92 bits per heavy atom. The molecule has 2 aliphatic heterocycles. The fourth-order valence-corrected chi connectivity index (χ4v) is 9.03. The minimum atomic E-state index is -1.79. The molecule has 2 saturated heterocycles. The first kappa shape index (κ1) is 59.6. The zero-order valence-electron chi connectivity index (χ0n) is 41.1. The summed E-state index contributed by atoms with van der Waals surface area (Å²) >= 11 is 1.09. The van der Waals surface area contributed by atoms with Gasteiger partial charge in [-0.2, -0.15) is 11.8 Å². The second-order valence-corrected chi connectivity index (χ2v) is 19.0. The summed E-state index contributed by atoms with van der Waals surface area (Å²) in [6.07, 6.45) is -1.52. The monoisotopic (exact) mass is 1070 g/mol. The van der Waals surface area contributed by atoms with Crippen LogP contribution in [0, 0.1) is 0 Å². The summed E-state index contributed by atoms with van der Waals surface area (Å²) in [6.45, 7) is -0.429. The molecule has 2 aromatic rings. The van der Waals surface area contributed by atoms with E-state index < -0.39 is 139 Å². The van der Waals surface area contributed by atoms with Crippen LogP contribution in [0.5, 0.6) is 5.75 Å². The number of hydrogen-bond acceptors (Lipinski definition) is 15. The van der Waals surface area contributed by atoms with Crippen molar-refractivity contribution in [3.63, 3.8) is 0 Å². The van der Waals surface area contributed by atoms with Crippen molar-refractivity contribution < 1.29 is 57.8 Å². The van der Waals surface area contributed by atoms with Crippen LogP contribution in [0.25, 0.3) is 0 Å². The Bertz CT molecular complexity index is 2410. The van der Waals surface area contributed by atoms with Crippen LogP contribution in [-0.4, -0.2) is 160 Å². The molecular weight excluding hydrogens is 999 g/mol. The quantitative estimate of drug-likeness (QED) is 0.0354. The fraction of sp³-hybridized carbons (Fsp3) is 0.489. The molecule has 2 aliphatic rings. The summed E-state index contributed by atoms with van der Waals surface area (Å²) in [6, 6.07) is 2.92. The molecule has 4 rings (SSSR count). The molecule has 28 heteroatoms. The number of nitrogens with two attached hydrogens (primary N) is 6. The molecule has 75 heavy (non-hydrogen) atoms. The van der Waals surface area contributed by atoms with Gasteiger partial charge in [-0.05, 0) is 67.5 Å². The van der Waals surface area contributed by atoms with Crippen molar-refractivity contribution in [1.29, 1.82) is 0 Å². The Labute approximate surface area is 435 Å². The van der Waals surface area contributed by atoms with Crippen LogP contribution < -0.4 is 71.6 Å². The van der Waals surface area contributed by atoms with Crippen LogP contribution >= 0.6 is 11.8 Å². The van der Waals surface area contributed by atoms with Gasteiger partial charge in [-0.25, -0.2) is 0 Å². The lowest BCUT2D eigenvalue weighted by molar-refractivity contribution is -0.142. The number of amides is 11. The minimum absolute atomic E-state index is 0.00439. The lowest BCUT2D eigenvalue weighted by Gasteiger charge is -2.31. The van der Waals surface area contributed by atoms with Gasteiger partial charge in [0.25, 0.3) is 0 Å². The third kappa shape index (κ3) is 20.1. The van der Waals surface area contributed by atoms with E-state index in [1.807, 2.05) is 0 Å². The third-order valence-corrected chi connectivity index (χ3v) is 13.0. The molecule has 408 valence electrons. The number of hydrogen-bond donors (Lipinski definition) is 14. The van der Waals surface area contributed by atoms with Crippen LogP contribution in [0.3, 0.4) is 0 Å². The van der Waals surface area contributed by atoms with Crippen LogP contribution in [0.4, 0.5) is 0 Å². The average Bonchev–Trinajstić information content (AvgIpc) is 3.86. The number of likely N-dealkylation sites (tertiary alicyclic amines) is 1. The van der Waals surface area contributed by atoms with Gasteiger partial charge >= 0.3 is 0 Å². The highest BCUT2D eigenvalue weighted by Crippen LogP contribution is 2.21. The molecule has 0 aromatic heterocycles. The molecule has 2 heterocycles. The Balaban J connectivity index is 1.71. The van der Waals surface area contributed by atoms with Crippen molar-refractivity contribution in [2.75, 3.05) is 31.1 Å². The smallest absolute Gasteiger partial charge is 0.245 e. The highest BCUT2D eigenvalue weighted by Gasteiger charge is 2.40. The maximum absolute atomic E-state index is 14.6. The summed E-state index contributed by atoms with van der Waals surface area (Å²) in [4.78, 5) is 153. The van der Waals surface area contributed by atoms with Crippen LogP contribution in [-0.2, 0) is 65.6 Å². The highest BCUT2D eigenvalue weighted by atomic mass is 32.2. The Hall–Kier alpha value is -8.01. The van der Waals surface area contributed by atoms with Crippen LogP contribution in [0.2, 0.25) is 0 Å². The van der Waals surface area contributed by atoms with Gasteiger partial charge in [0.05, 0.1) is 19.0 Å². The van der Waals surface area contributed by atoms with Crippen molar-refractivity contribution in [2.45, 2.75) is 113 Å². The number of aliphatic imine (C=N–C) groups is 1. The van der Waals surface area contributed by atoms with Gasteiger partial charge < -0.3 is 81.6 Å². The SMILES string of the molecule is NC(=O)CCC1NC(=O)C(Cc2ccccc2)NC(=O)C(Cc2ccc(O)cc2)NC(=O)C(N)CSCCC(C(=O)N2CCCC2C(=O)NC(CCCN=C(N)N)C(=O)NCC(N)=O)NC(=O)C(CC(N)=O)NC1=O. The second-order valence-electron chi connectivity index (χ2n) is 17.9. The van der Waals surface area contributed by atoms with Crippen molar-refractivity contribution in [3.8, 4) is 5.75 Å². The molecule has 0 saturated carbocycles. The predicted octanol–water partition coefficient (Wildman–Crippen LogP) is -5.66. The number of benzene rings is 2. The summed E-state index contributed by atoms with van der Waals surface area (Å²) < 4.78 is 0. The normalized spacial score (nSPS) is 22.6. The van der Waals surface area contributed by atoms with Crippen LogP contribution in [0.15, 0.2) is 59.6 Å². The standard InChI is InChI=1S/C47H67N15O12S/c48-28-24-75-19-16-31(46(74)62-18-5-9-35(62)45(73)57-29(8-4-17-54-47(52)53)40(68)55-23-38(51)66)58-44(72)34(22-37(50)65)61-41(69)30(14-15-36(49)64)56-42(70)33(20-25-6-2-1-3-7-25)60-43(71)32(59-39(28)67)21-26-10-12-27(63)13-11-26/h1-3,6-7,10-13,28-35,63H,4-5,8-9,14-24,48H2,(H2,49,64)(H2,50,65)(H2,51,66)(H,55,68)(H,56,70)(H,57,73)(H,58,72)(H,59,67)(H,60,71)(H,61,69)(H4,52,53,54). The number of carbonyl (C=O) groups excluding carboxylic acids is 11. The van der Waals surface area contributed by atoms with E-state index in [1.165, 1.54) is 29.2 Å². The molecular formula is C47H67N15O12S. The molecule has 0 spiro atoms. The third-order valence-electron chi connectivity index (χ3n) is 11.9. The maximum Gasteiger partial charge on any atom is 0.245 e. The number of thioether (sulfide) groups is 1. The summed E-state index contributed by atoms with van der Waals surface area (Å²) in [5, 5.41) is 27.7. The van der Waals surface area contributed by atoms with E-state index in [2.05, 4.69) is 42.2 Å². The van der Waals surface area contributed by atoms with Crippen molar-refractivity contribution in [3.05, 3.63) is 65.7 Å². The Morgan fingerprint density at radius 2 is 1.31 bits per heavy atom. The lowest BCUT2D eigenvalue weighted by Crippen LogP contribution is -2.61. The second kappa shape index (κ2) is 29.6. The topological polar surface area (TPSA) is 464 Å². The number of nitrogens with zero attached hydrogens (tertiary/aromatic N) is 2. The van der Waals surface area contributed by atoms with Gasteiger partial charge in [-0.15, -0.1) is 0 Å².